The summed E-state index contributed by atoms with van der Waals surface area (Å²) < 4.78 is 14.4. The molecule has 166 valence electrons. The third-order valence-electron chi connectivity index (χ3n) is 5.24. The number of halogens is 2. The number of hydrogen-bond donors (Lipinski definition) is 2. The summed E-state index contributed by atoms with van der Waals surface area (Å²) in [5.41, 5.74) is 2.96. The minimum absolute atomic E-state index is 0.113. The number of aliphatic hydroxyl groups excluding tert-OH is 2. The molecule has 0 fully saturated rings. The molecule has 0 saturated carbocycles. The predicted molar refractivity (Wildman–Crippen MR) is 126 cm³/mol. The van der Waals surface area contributed by atoms with Gasteiger partial charge in [-0.1, -0.05) is 78.3 Å². The summed E-state index contributed by atoms with van der Waals surface area (Å²) in [6.07, 6.45) is 1.40. The van der Waals surface area contributed by atoms with Gasteiger partial charge in [-0.25, -0.2) is 4.39 Å². The van der Waals surface area contributed by atoms with Crippen LogP contribution in [0.25, 0.3) is 0 Å². The molecule has 2 N–H and O–H groups in total. The first-order valence-corrected chi connectivity index (χ1v) is 10.8. The molecule has 5 heteroatoms. The molecule has 31 heavy (non-hydrogen) atoms. The molecule has 0 aromatic heterocycles. The first-order chi connectivity index (χ1) is 15.2. The second-order valence-electron chi connectivity index (χ2n) is 7.29. The lowest BCUT2D eigenvalue weighted by Gasteiger charge is -2.25. The molecular weight excluding hydrogens is 413 g/mol. The Hall–Kier alpha value is -2.24. The Morgan fingerprint density at radius 2 is 1.52 bits per heavy atom. The van der Waals surface area contributed by atoms with Crippen molar-refractivity contribution in [2.45, 2.75) is 25.3 Å². The zero-order valence-corrected chi connectivity index (χ0v) is 18.7. The van der Waals surface area contributed by atoms with E-state index in [1.807, 2.05) is 36.4 Å². The smallest absolute Gasteiger partial charge is 0.127 e. The highest BCUT2D eigenvalue weighted by molar-refractivity contribution is 6.31. The van der Waals surface area contributed by atoms with Gasteiger partial charge >= 0.3 is 0 Å². The van der Waals surface area contributed by atoms with E-state index < -0.39 is 0 Å². The van der Waals surface area contributed by atoms with Crippen molar-refractivity contribution in [1.29, 1.82) is 0 Å². The Labute approximate surface area is 189 Å². The standard InChI is InChI=1S/C25H27ClFNO.CH4O/c26-24-12-7-13-25(27)23(24)18-22(21-10-5-2-6-11-21)14-15-28(16-17-29)19-20-8-3-1-4-9-20;1-2/h1-13,22,29H,14-19H2;2H,1H3/t22-;/m0./s1. The summed E-state index contributed by atoms with van der Waals surface area (Å²) in [4.78, 5) is 2.24. The molecule has 0 heterocycles. The van der Waals surface area contributed by atoms with E-state index in [0.29, 0.717) is 23.6 Å². The predicted octanol–water partition coefficient (Wildman–Crippen LogP) is 5.30. The Kier molecular flexibility index (Phi) is 11.3. The molecule has 3 rings (SSSR count). The Balaban J connectivity index is 0.00000166. The van der Waals surface area contributed by atoms with Crippen LogP contribution in [0.3, 0.4) is 0 Å². The molecule has 0 spiro atoms. The van der Waals surface area contributed by atoms with Gasteiger partial charge in [0.05, 0.1) is 6.61 Å². The van der Waals surface area contributed by atoms with Crippen LogP contribution in [0, 0.1) is 5.82 Å². The Bertz CT molecular complexity index is 857. The highest BCUT2D eigenvalue weighted by Gasteiger charge is 2.18. The van der Waals surface area contributed by atoms with Gasteiger partial charge in [-0.05, 0) is 48.6 Å². The molecule has 0 saturated heterocycles. The van der Waals surface area contributed by atoms with Crippen molar-refractivity contribution in [3.05, 3.63) is 106 Å². The van der Waals surface area contributed by atoms with Crippen LogP contribution >= 0.6 is 11.6 Å². The fourth-order valence-electron chi connectivity index (χ4n) is 3.68. The Morgan fingerprint density at radius 3 is 2.13 bits per heavy atom. The van der Waals surface area contributed by atoms with Gasteiger partial charge in [-0.2, -0.15) is 0 Å². The summed E-state index contributed by atoms with van der Waals surface area (Å²) >= 11 is 6.30. The van der Waals surface area contributed by atoms with E-state index in [0.717, 1.165) is 26.6 Å². The summed E-state index contributed by atoms with van der Waals surface area (Å²) in [5, 5.41) is 17.0. The molecule has 0 aliphatic rings. The van der Waals surface area contributed by atoms with Gasteiger partial charge in [0.2, 0.25) is 0 Å². The summed E-state index contributed by atoms with van der Waals surface area (Å²) in [6.45, 7) is 2.31. The van der Waals surface area contributed by atoms with Gasteiger partial charge in [0.25, 0.3) is 0 Å². The van der Waals surface area contributed by atoms with Crippen LogP contribution in [-0.2, 0) is 13.0 Å². The largest absolute Gasteiger partial charge is 0.400 e. The summed E-state index contributed by atoms with van der Waals surface area (Å²) in [7, 11) is 1.00. The Morgan fingerprint density at radius 1 is 0.871 bits per heavy atom. The van der Waals surface area contributed by atoms with Crippen LogP contribution in [0.2, 0.25) is 5.02 Å². The van der Waals surface area contributed by atoms with Crippen LogP contribution in [-0.4, -0.2) is 41.9 Å². The maximum absolute atomic E-state index is 14.4. The molecule has 0 radical (unpaired) electrons. The summed E-state index contributed by atoms with van der Waals surface area (Å²) in [6, 6.07) is 25.3. The SMILES string of the molecule is CO.OCCN(CC[C@@H](Cc1c(F)cccc1Cl)c1ccccc1)Cc1ccccc1. The molecule has 3 nitrogen and oxygen atoms in total. The average Bonchev–Trinajstić information content (AvgIpc) is 2.81. The van der Waals surface area contributed by atoms with E-state index >= 15 is 0 Å². The first-order valence-electron chi connectivity index (χ1n) is 10.5. The molecular formula is C26H31ClFNO2. The van der Waals surface area contributed by atoms with E-state index in [1.165, 1.54) is 17.2 Å². The molecule has 1 atom stereocenters. The monoisotopic (exact) mass is 443 g/mol. The fraction of sp³-hybridized carbons (Fsp3) is 0.308. The van der Waals surface area contributed by atoms with Crippen LogP contribution in [0.15, 0.2) is 78.9 Å². The lowest BCUT2D eigenvalue weighted by molar-refractivity contribution is 0.185. The zero-order valence-electron chi connectivity index (χ0n) is 17.9. The third-order valence-corrected chi connectivity index (χ3v) is 5.60. The molecule has 0 aliphatic heterocycles. The van der Waals surface area contributed by atoms with Gasteiger partial charge < -0.3 is 10.2 Å². The van der Waals surface area contributed by atoms with Gasteiger partial charge in [0, 0.05) is 30.8 Å². The molecule has 0 amide bonds. The zero-order chi connectivity index (χ0) is 22.5. The van der Waals surface area contributed by atoms with E-state index in [2.05, 4.69) is 29.2 Å². The average molecular weight is 444 g/mol. The molecule has 3 aromatic rings. The molecule has 0 aliphatic carbocycles. The minimum Gasteiger partial charge on any atom is -0.400 e. The normalized spacial score (nSPS) is 11.7. The van der Waals surface area contributed by atoms with Crippen molar-refractivity contribution >= 4 is 11.6 Å². The van der Waals surface area contributed by atoms with Gasteiger partial charge in [0.1, 0.15) is 5.82 Å². The van der Waals surface area contributed by atoms with Gasteiger partial charge in [-0.15, -0.1) is 0 Å². The number of nitrogens with zero attached hydrogens (tertiary/aromatic N) is 1. The second kappa shape index (κ2) is 13.9. The van der Waals surface area contributed by atoms with Crippen LogP contribution < -0.4 is 0 Å². The van der Waals surface area contributed by atoms with Crippen molar-refractivity contribution in [2.75, 3.05) is 26.8 Å². The van der Waals surface area contributed by atoms with E-state index in [1.54, 1.807) is 12.1 Å². The van der Waals surface area contributed by atoms with Crippen molar-refractivity contribution in [1.82, 2.24) is 4.90 Å². The highest BCUT2D eigenvalue weighted by atomic mass is 35.5. The van der Waals surface area contributed by atoms with E-state index in [-0.39, 0.29) is 18.3 Å². The van der Waals surface area contributed by atoms with E-state index in [4.69, 9.17) is 16.7 Å². The second-order valence-corrected chi connectivity index (χ2v) is 7.69. The maximum atomic E-state index is 14.4. The molecule has 0 unspecified atom stereocenters. The van der Waals surface area contributed by atoms with E-state index in [9.17, 15) is 9.50 Å². The highest BCUT2D eigenvalue weighted by Crippen LogP contribution is 2.29. The summed E-state index contributed by atoms with van der Waals surface area (Å²) in [5.74, 6) is -0.113. The van der Waals surface area contributed by atoms with Crippen LogP contribution in [0.5, 0.6) is 0 Å². The van der Waals surface area contributed by atoms with Crippen molar-refractivity contribution in [3.8, 4) is 0 Å². The fourth-order valence-corrected chi connectivity index (χ4v) is 3.92. The number of benzene rings is 3. The topological polar surface area (TPSA) is 43.7 Å². The number of aliphatic hydroxyl groups is 2. The first kappa shape index (κ1) is 25.0. The quantitative estimate of drug-likeness (QED) is 0.447. The molecule has 0 bridgehead atoms. The van der Waals surface area contributed by atoms with Crippen LogP contribution in [0.4, 0.5) is 4.39 Å². The lowest BCUT2D eigenvalue weighted by atomic mass is 9.89. The van der Waals surface area contributed by atoms with Gasteiger partial charge in [0.15, 0.2) is 0 Å². The van der Waals surface area contributed by atoms with Crippen molar-refractivity contribution < 1.29 is 14.6 Å². The van der Waals surface area contributed by atoms with Crippen LogP contribution in [0.1, 0.15) is 29.0 Å². The van der Waals surface area contributed by atoms with Gasteiger partial charge in [-0.3, -0.25) is 4.90 Å². The van der Waals surface area contributed by atoms with Crippen molar-refractivity contribution in [3.63, 3.8) is 0 Å². The number of hydrogen-bond acceptors (Lipinski definition) is 3. The van der Waals surface area contributed by atoms with Crippen molar-refractivity contribution in [2.24, 2.45) is 0 Å². The lowest BCUT2D eigenvalue weighted by Crippen LogP contribution is -2.29. The molecule has 3 aromatic carbocycles. The maximum Gasteiger partial charge on any atom is 0.127 e. The number of rotatable bonds is 10. The third kappa shape index (κ3) is 8.08. The minimum atomic E-state index is -0.255.